The zero-order valence-corrected chi connectivity index (χ0v) is 23.1. The minimum Gasteiger partial charge on any atom is -0.440 e. The predicted molar refractivity (Wildman–Crippen MR) is 154 cm³/mol. The number of fused-ring (bicyclic) bond motifs is 2. The van der Waals surface area contributed by atoms with Gasteiger partial charge in [-0.3, -0.25) is 4.79 Å². The second-order valence-electron chi connectivity index (χ2n) is 10.3. The Morgan fingerprint density at radius 2 is 1.95 bits per heavy atom. The van der Waals surface area contributed by atoms with Crippen LogP contribution in [0.3, 0.4) is 0 Å². The molecule has 1 unspecified atom stereocenters. The van der Waals surface area contributed by atoms with Gasteiger partial charge in [0.05, 0.1) is 48.2 Å². The molecule has 0 bridgehead atoms. The molecule has 1 atom stereocenters. The van der Waals surface area contributed by atoms with E-state index in [2.05, 4.69) is 10.3 Å². The second kappa shape index (κ2) is 10.5. The molecule has 1 saturated heterocycles. The fraction of sp³-hybridized carbons (Fsp3) is 0.310. The van der Waals surface area contributed by atoms with E-state index in [1.807, 2.05) is 30.9 Å². The molecule has 8 nitrogen and oxygen atoms in total. The summed E-state index contributed by atoms with van der Waals surface area (Å²) < 4.78 is 32.1. The smallest absolute Gasteiger partial charge is 0.440 e. The van der Waals surface area contributed by atoms with Crippen LogP contribution in [-0.2, 0) is 16.0 Å². The quantitative estimate of drug-likeness (QED) is 0.271. The first-order chi connectivity index (χ1) is 19.2. The molecule has 1 fully saturated rings. The number of benzene rings is 2. The Hall–Kier alpha value is -3.44. The molecule has 2 N–H and O–H groups in total. The number of halogens is 2. The first-order valence-corrected chi connectivity index (χ1v) is 13.5. The number of hydrogen-bond acceptors (Lipinski definition) is 8. The third kappa shape index (κ3) is 4.75. The van der Waals surface area contributed by atoms with E-state index in [0.29, 0.717) is 71.2 Å². The van der Waals surface area contributed by atoms with Gasteiger partial charge in [-0.15, -0.1) is 0 Å². The molecule has 206 valence electrons. The molecule has 0 saturated carbocycles. The summed E-state index contributed by atoms with van der Waals surface area (Å²) in [6, 6.07) is 10.0. The van der Waals surface area contributed by atoms with Crippen molar-refractivity contribution in [3.8, 4) is 11.3 Å². The monoisotopic (exact) mass is 563 g/mol. The van der Waals surface area contributed by atoms with Crippen LogP contribution >= 0.6 is 11.6 Å². The van der Waals surface area contributed by atoms with Gasteiger partial charge in [0.2, 0.25) is 5.88 Å². The number of pyridine rings is 1. The Kier molecular flexibility index (Phi) is 7.04. The van der Waals surface area contributed by atoms with E-state index in [4.69, 9.17) is 25.4 Å². The molecular weight excluding hydrogens is 536 g/mol. The van der Waals surface area contributed by atoms with Crippen molar-refractivity contribution in [1.29, 1.82) is 0 Å². The predicted octanol–water partition coefficient (Wildman–Crippen LogP) is 4.49. The highest BCUT2D eigenvalue weighted by atomic mass is 35.5. The Labute approximate surface area is 235 Å². The molecule has 4 heterocycles. The van der Waals surface area contributed by atoms with E-state index in [9.17, 15) is 14.2 Å². The van der Waals surface area contributed by atoms with Crippen molar-refractivity contribution in [2.24, 2.45) is 0 Å². The molecule has 4 aromatic rings. The van der Waals surface area contributed by atoms with Crippen LogP contribution in [-0.4, -0.2) is 43.4 Å². The molecular formula is C29H28BClFN3O5. The van der Waals surface area contributed by atoms with Crippen LogP contribution in [0.4, 0.5) is 16.0 Å². The van der Waals surface area contributed by atoms with E-state index in [0.717, 1.165) is 11.1 Å². The lowest BCUT2D eigenvalue weighted by Gasteiger charge is -2.29. The number of nitrogens with one attached hydrogen (secondary N) is 1. The largest absolute Gasteiger partial charge is 0.494 e. The fourth-order valence-electron chi connectivity index (χ4n) is 5.49. The van der Waals surface area contributed by atoms with E-state index in [1.165, 1.54) is 6.07 Å². The lowest BCUT2D eigenvalue weighted by atomic mass is 9.78. The Morgan fingerprint density at radius 3 is 2.73 bits per heavy atom. The first-order valence-electron chi connectivity index (χ1n) is 13.2. The van der Waals surface area contributed by atoms with Crippen LogP contribution in [0.2, 0.25) is 5.15 Å². The fourth-order valence-corrected chi connectivity index (χ4v) is 5.64. The zero-order chi connectivity index (χ0) is 28.1. The summed E-state index contributed by atoms with van der Waals surface area (Å²) in [5.41, 5.74) is 5.02. The lowest BCUT2D eigenvalue weighted by Crippen LogP contribution is -2.37. The number of anilines is 2. The molecule has 0 radical (unpaired) electrons. The van der Waals surface area contributed by atoms with Crippen LogP contribution in [0.1, 0.15) is 35.2 Å². The van der Waals surface area contributed by atoms with Crippen LogP contribution in [0.5, 0.6) is 0 Å². The Bertz CT molecular complexity index is 1690. The highest BCUT2D eigenvalue weighted by molar-refractivity contribution is 6.61. The van der Waals surface area contributed by atoms with Gasteiger partial charge in [-0.2, -0.15) is 0 Å². The maximum Gasteiger partial charge on any atom is 0.494 e. The number of rotatable bonds is 5. The minimum atomic E-state index is -1.29. The first kappa shape index (κ1) is 26.8. The number of ether oxygens (including phenoxy) is 1. The molecule has 2 aromatic carbocycles. The van der Waals surface area contributed by atoms with Gasteiger partial charge in [0.25, 0.3) is 0 Å². The van der Waals surface area contributed by atoms with Crippen LogP contribution in [0.25, 0.3) is 22.2 Å². The molecule has 2 aromatic heterocycles. The van der Waals surface area contributed by atoms with Crippen molar-refractivity contribution in [2.75, 3.05) is 36.5 Å². The SMILES string of the molecule is Cc1cc(C(C)Nc2ccc(Cl)nc2-c2cc(F)c3c(c2)COB3O)c2oc(N3CCOCC3)c(C)c(=O)c2c1. The maximum atomic E-state index is 15.0. The van der Waals surface area contributed by atoms with Crippen molar-refractivity contribution in [3.63, 3.8) is 0 Å². The average molecular weight is 564 g/mol. The van der Waals surface area contributed by atoms with Gasteiger partial charge in [-0.05, 0) is 62.2 Å². The summed E-state index contributed by atoms with van der Waals surface area (Å²) in [7, 11) is -1.29. The Balaban J connectivity index is 1.43. The Morgan fingerprint density at radius 1 is 1.18 bits per heavy atom. The van der Waals surface area contributed by atoms with E-state index in [-0.39, 0.29) is 28.7 Å². The summed E-state index contributed by atoms with van der Waals surface area (Å²) in [6.07, 6.45) is 0. The number of hydrogen-bond donors (Lipinski definition) is 2. The summed E-state index contributed by atoms with van der Waals surface area (Å²) in [5.74, 6) is -0.0132. The molecule has 0 amide bonds. The minimum absolute atomic E-state index is 0.0632. The van der Waals surface area contributed by atoms with Gasteiger partial charge in [-0.1, -0.05) is 17.7 Å². The van der Waals surface area contributed by atoms with E-state index >= 15 is 0 Å². The van der Waals surface area contributed by atoms with E-state index < -0.39 is 12.9 Å². The number of aryl methyl sites for hydroxylation is 1. The van der Waals surface area contributed by atoms with Crippen molar-refractivity contribution in [2.45, 2.75) is 33.4 Å². The van der Waals surface area contributed by atoms with Gasteiger partial charge in [0, 0.05) is 29.7 Å². The second-order valence-corrected chi connectivity index (χ2v) is 10.7. The lowest BCUT2D eigenvalue weighted by molar-refractivity contribution is 0.120. The molecule has 40 heavy (non-hydrogen) atoms. The van der Waals surface area contributed by atoms with Crippen LogP contribution in [0, 0.1) is 19.7 Å². The van der Waals surface area contributed by atoms with Crippen molar-refractivity contribution in [1.82, 2.24) is 4.98 Å². The summed E-state index contributed by atoms with van der Waals surface area (Å²) in [6.45, 7) is 8.23. The molecule has 0 spiro atoms. The summed E-state index contributed by atoms with van der Waals surface area (Å²) >= 11 is 6.26. The third-order valence-electron chi connectivity index (χ3n) is 7.50. The molecule has 6 rings (SSSR count). The van der Waals surface area contributed by atoms with Crippen molar-refractivity contribution in [3.05, 3.63) is 79.8 Å². The molecule has 2 aliphatic rings. The topological polar surface area (TPSA) is 97.1 Å². The molecule has 2 aliphatic heterocycles. The van der Waals surface area contributed by atoms with Gasteiger partial charge in [0.15, 0.2) is 5.43 Å². The van der Waals surface area contributed by atoms with Crippen molar-refractivity contribution >= 4 is 46.7 Å². The van der Waals surface area contributed by atoms with Crippen molar-refractivity contribution < 1.29 is 23.2 Å². The average Bonchev–Trinajstić information content (AvgIpc) is 3.32. The van der Waals surface area contributed by atoms with Crippen LogP contribution in [0.15, 0.2) is 45.6 Å². The normalized spacial score (nSPS) is 15.9. The van der Waals surface area contributed by atoms with Gasteiger partial charge in [-0.25, -0.2) is 9.37 Å². The summed E-state index contributed by atoms with van der Waals surface area (Å²) in [5, 5.41) is 14.2. The molecule has 11 heteroatoms. The van der Waals surface area contributed by atoms with E-state index in [1.54, 1.807) is 25.1 Å². The third-order valence-corrected chi connectivity index (χ3v) is 7.71. The van der Waals surface area contributed by atoms with Gasteiger partial charge >= 0.3 is 7.12 Å². The van der Waals surface area contributed by atoms with Gasteiger partial charge in [0.1, 0.15) is 16.6 Å². The standard InChI is InChI=1S/C29H28BClFN3O5/c1-15-10-20(28-21(11-15)27(36)16(2)29(40-28)35-6-8-38-9-7-35)17(3)33-23-4-5-24(31)34-26(23)18-12-19-14-39-30(37)25(19)22(32)13-18/h4-5,10-13,17,33,37H,6-9,14H2,1-3H3. The molecule has 0 aliphatic carbocycles. The summed E-state index contributed by atoms with van der Waals surface area (Å²) in [4.78, 5) is 20.0. The number of nitrogens with zero attached hydrogens (tertiary/aromatic N) is 2. The maximum absolute atomic E-state index is 15.0. The zero-order valence-electron chi connectivity index (χ0n) is 22.4. The highest BCUT2D eigenvalue weighted by Gasteiger charge is 2.32. The van der Waals surface area contributed by atoms with Gasteiger partial charge < -0.3 is 29.0 Å². The number of aromatic nitrogens is 1. The number of morpholine rings is 1. The highest BCUT2D eigenvalue weighted by Crippen LogP contribution is 2.35. The van der Waals surface area contributed by atoms with Crippen LogP contribution < -0.4 is 21.1 Å².